The van der Waals surface area contributed by atoms with Crippen LogP contribution in [0.15, 0.2) is 36.4 Å². The smallest absolute Gasteiger partial charge is 0.128 e. The zero-order chi connectivity index (χ0) is 15.9. The van der Waals surface area contributed by atoms with Crippen molar-refractivity contribution in [3.63, 3.8) is 0 Å². The number of nitriles is 1. The summed E-state index contributed by atoms with van der Waals surface area (Å²) in [6, 6.07) is 14.6. The third-order valence-corrected chi connectivity index (χ3v) is 4.78. The van der Waals surface area contributed by atoms with Gasteiger partial charge in [0.2, 0.25) is 0 Å². The summed E-state index contributed by atoms with van der Waals surface area (Å²) >= 11 is 6.52. The molecule has 110 valence electrons. The molecule has 0 amide bonds. The molecule has 0 N–H and O–H groups in total. The van der Waals surface area contributed by atoms with Crippen LogP contribution in [0.5, 0.6) is 0 Å². The van der Waals surface area contributed by atoms with Crippen molar-refractivity contribution in [3.8, 4) is 6.07 Å². The highest BCUT2D eigenvalue weighted by molar-refractivity contribution is 6.32. The highest BCUT2D eigenvalue weighted by Gasteiger charge is 2.18. The van der Waals surface area contributed by atoms with E-state index in [2.05, 4.69) is 43.5 Å². The second-order valence-electron chi connectivity index (χ2n) is 5.69. The van der Waals surface area contributed by atoms with Gasteiger partial charge in [-0.25, -0.2) is 0 Å². The first-order valence-electron chi connectivity index (χ1n) is 7.27. The Morgan fingerprint density at radius 1 is 1.05 bits per heavy atom. The van der Waals surface area contributed by atoms with Crippen LogP contribution < -0.4 is 0 Å². The van der Waals surface area contributed by atoms with E-state index in [4.69, 9.17) is 11.6 Å². The van der Waals surface area contributed by atoms with E-state index >= 15 is 0 Å². The number of aromatic nitrogens is 1. The van der Waals surface area contributed by atoms with E-state index in [1.54, 1.807) is 0 Å². The maximum atomic E-state index is 9.46. The van der Waals surface area contributed by atoms with Crippen LogP contribution in [0.4, 0.5) is 0 Å². The highest BCUT2D eigenvalue weighted by Crippen LogP contribution is 2.33. The van der Waals surface area contributed by atoms with E-state index in [-0.39, 0.29) is 0 Å². The minimum absolute atomic E-state index is 0.523. The van der Waals surface area contributed by atoms with E-state index in [1.807, 2.05) is 24.3 Å². The molecule has 0 aliphatic carbocycles. The number of fused-ring (bicyclic) bond motifs is 1. The van der Waals surface area contributed by atoms with Gasteiger partial charge in [-0.1, -0.05) is 48.0 Å². The molecule has 1 aromatic heterocycles. The van der Waals surface area contributed by atoms with Crippen LogP contribution in [0, 0.1) is 32.1 Å². The summed E-state index contributed by atoms with van der Waals surface area (Å²) in [7, 11) is 0. The average molecular weight is 309 g/mol. The summed E-state index contributed by atoms with van der Waals surface area (Å²) in [6.07, 6.45) is 0. The van der Waals surface area contributed by atoms with E-state index in [1.165, 1.54) is 22.3 Å². The van der Waals surface area contributed by atoms with E-state index in [9.17, 15) is 5.26 Å². The van der Waals surface area contributed by atoms with Crippen molar-refractivity contribution in [3.05, 3.63) is 69.4 Å². The standard InChI is InChI=1S/C19H17ClN2/c1-12-8-9-16-17(10-21)19(20)22(18(16)14(12)3)11-15-7-5-4-6-13(15)2/h4-9H,11H2,1-3H3. The quantitative estimate of drug-likeness (QED) is 0.644. The van der Waals surface area contributed by atoms with Gasteiger partial charge in [0.15, 0.2) is 0 Å². The molecule has 3 heteroatoms. The number of rotatable bonds is 2. The fourth-order valence-electron chi connectivity index (χ4n) is 2.91. The molecule has 0 aliphatic rings. The first-order valence-corrected chi connectivity index (χ1v) is 7.65. The molecule has 2 aromatic carbocycles. The second kappa shape index (κ2) is 5.51. The normalized spacial score (nSPS) is 10.9. The zero-order valence-electron chi connectivity index (χ0n) is 12.9. The van der Waals surface area contributed by atoms with Crippen molar-refractivity contribution >= 4 is 22.5 Å². The molecule has 0 unspecified atom stereocenters. The molecule has 1 heterocycles. The van der Waals surface area contributed by atoms with Crippen molar-refractivity contribution in [2.24, 2.45) is 0 Å². The molecule has 3 aromatic rings. The number of nitrogens with zero attached hydrogens (tertiary/aromatic N) is 2. The maximum Gasteiger partial charge on any atom is 0.128 e. The van der Waals surface area contributed by atoms with Gasteiger partial charge in [-0.05, 0) is 43.0 Å². The number of aryl methyl sites for hydroxylation is 3. The molecule has 0 radical (unpaired) electrons. The minimum atomic E-state index is 0.523. The lowest BCUT2D eigenvalue weighted by molar-refractivity contribution is 0.827. The Hall–Kier alpha value is -2.24. The van der Waals surface area contributed by atoms with Crippen molar-refractivity contribution in [1.29, 1.82) is 5.26 Å². The molecule has 3 rings (SSSR count). The molecule has 22 heavy (non-hydrogen) atoms. The Kier molecular flexibility index (Phi) is 3.68. The third kappa shape index (κ3) is 2.19. The van der Waals surface area contributed by atoms with Crippen LogP contribution in [0.1, 0.15) is 27.8 Å². The molecule has 0 atom stereocenters. The van der Waals surface area contributed by atoms with E-state index < -0.39 is 0 Å². The maximum absolute atomic E-state index is 9.46. The van der Waals surface area contributed by atoms with Gasteiger partial charge < -0.3 is 4.57 Å². The fraction of sp³-hybridized carbons (Fsp3) is 0.211. The second-order valence-corrected chi connectivity index (χ2v) is 6.05. The number of halogens is 1. The monoisotopic (exact) mass is 308 g/mol. The topological polar surface area (TPSA) is 28.7 Å². The van der Waals surface area contributed by atoms with Crippen LogP contribution in [0.2, 0.25) is 5.15 Å². The Morgan fingerprint density at radius 3 is 2.45 bits per heavy atom. The predicted octanol–water partition coefficient (Wildman–Crippen LogP) is 5.14. The highest BCUT2D eigenvalue weighted by atomic mass is 35.5. The average Bonchev–Trinajstić information content (AvgIpc) is 2.78. The largest absolute Gasteiger partial charge is 0.326 e. The van der Waals surface area contributed by atoms with Crippen molar-refractivity contribution in [2.75, 3.05) is 0 Å². The van der Waals surface area contributed by atoms with Crippen molar-refractivity contribution < 1.29 is 0 Å². The summed E-state index contributed by atoms with van der Waals surface area (Å²) in [5, 5.41) is 10.9. The summed E-state index contributed by atoms with van der Waals surface area (Å²) in [5.74, 6) is 0. The molecule has 0 aliphatic heterocycles. The molecule has 0 fully saturated rings. The van der Waals surface area contributed by atoms with E-state index in [0.717, 1.165) is 10.9 Å². The summed E-state index contributed by atoms with van der Waals surface area (Å²) in [4.78, 5) is 0. The summed E-state index contributed by atoms with van der Waals surface area (Å²) in [6.45, 7) is 6.94. The number of hydrogen-bond acceptors (Lipinski definition) is 1. The third-order valence-electron chi connectivity index (χ3n) is 4.39. The number of benzene rings is 2. The van der Waals surface area contributed by atoms with Crippen molar-refractivity contribution in [2.45, 2.75) is 27.3 Å². The molecule has 0 bridgehead atoms. The zero-order valence-corrected chi connectivity index (χ0v) is 13.7. The lowest BCUT2D eigenvalue weighted by Gasteiger charge is -2.12. The lowest BCUT2D eigenvalue weighted by Crippen LogP contribution is -2.03. The van der Waals surface area contributed by atoms with Gasteiger partial charge in [0, 0.05) is 11.9 Å². The van der Waals surface area contributed by atoms with Gasteiger partial charge in [0.1, 0.15) is 11.2 Å². The molecular weight excluding hydrogens is 292 g/mol. The molecule has 2 nitrogen and oxygen atoms in total. The van der Waals surface area contributed by atoms with Gasteiger partial charge >= 0.3 is 0 Å². The van der Waals surface area contributed by atoms with Gasteiger partial charge in [-0.15, -0.1) is 0 Å². The Bertz CT molecular complexity index is 913. The molecular formula is C19H17ClN2. The Labute approximate surface area is 135 Å². The first kappa shape index (κ1) is 14.7. The van der Waals surface area contributed by atoms with Crippen molar-refractivity contribution in [1.82, 2.24) is 4.57 Å². The van der Waals surface area contributed by atoms with Gasteiger partial charge in [-0.3, -0.25) is 0 Å². The SMILES string of the molecule is Cc1ccccc1Cn1c(Cl)c(C#N)c2ccc(C)c(C)c21. The summed E-state index contributed by atoms with van der Waals surface area (Å²) < 4.78 is 2.06. The Balaban J connectivity index is 2.30. The molecule has 0 spiro atoms. The molecule has 0 saturated heterocycles. The first-order chi connectivity index (χ1) is 10.5. The Morgan fingerprint density at radius 2 is 1.77 bits per heavy atom. The van der Waals surface area contributed by atoms with Crippen LogP contribution in [-0.2, 0) is 6.54 Å². The van der Waals surface area contributed by atoms with Crippen LogP contribution >= 0.6 is 11.6 Å². The minimum Gasteiger partial charge on any atom is -0.326 e. The van der Waals surface area contributed by atoms with Gasteiger partial charge in [-0.2, -0.15) is 5.26 Å². The molecule has 0 saturated carbocycles. The van der Waals surface area contributed by atoms with Gasteiger partial charge in [0.25, 0.3) is 0 Å². The van der Waals surface area contributed by atoms with Gasteiger partial charge in [0.05, 0.1) is 11.1 Å². The fourth-order valence-corrected chi connectivity index (χ4v) is 3.20. The van der Waals surface area contributed by atoms with Crippen LogP contribution in [0.3, 0.4) is 0 Å². The predicted molar refractivity (Wildman–Crippen MR) is 91.4 cm³/mol. The summed E-state index contributed by atoms with van der Waals surface area (Å²) in [5.41, 5.74) is 6.45. The van der Waals surface area contributed by atoms with Crippen LogP contribution in [0.25, 0.3) is 10.9 Å². The lowest BCUT2D eigenvalue weighted by atomic mass is 10.0. The van der Waals surface area contributed by atoms with E-state index in [0.29, 0.717) is 17.3 Å². The van der Waals surface area contributed by atoms with Crippen LogP contribution in [-0.4, -0.2) is 4.57 Å². The number of hydrogen-bond donors (Lipinski definition) is 0.